The molecule has 0 fully saturated rings. The summed E-state index contributed by atoms with van der Waals surface area (Å²) in [5.74, 6) is 0.529. The van der Waals surface area contributed by atoms with Crippen molar-refractivity contribution in [3.05, 3.63) is 42.0 Å². The van der Waals surface area contributed by atoms with Crippen molar-refractivity contribution in [2.75, 3.05) is 0 Å². The van der Waals surface area contributed by atoms with E-state index in [0.29, 0.717) is 14.3 Å². The van der Waals surface area contributed by atoms with Crippen molar-refractivity contribution in [3.63, 3.8) is 0 Å². The summed E-state index contributed by atoms with van der Waals surface area (Å²) in [6.45, 7) is 16.2. The molecule has 0 heterocycles. The number of rotatable bonds is 5. The van der Waals surface area contributed by atoms with Gasteiger partial charge in [-0.1, -0.05) is 89.4 Å². The van der Waals surface area contributed by atoms with Gasteiger partial charge in [0.1, 0.15) is 5.75 Å². The van der Waals surface area contributed by atoms with Crippen LogP contribution in [0.4, 0.5) is 0 Å². The van der Waals surface area contributed by atoms with Gasteiger partial charge in [0.2, 0.25) is 0 Å². The van der Waals surface area contributed by atoms with Crippen LogP contribution in [0.5, 0.6) is 5.75 Å². The lowest BCUT2D eigenvalue weighted by molar-refractivity contribution is 0.484. The Morgan fingerprint density at radius 2 is 1.52 bits per heavy atom. The van der Waals surface area contributed by atoms with Crippen molar-refractivity contribution >= 4 is 58.3 Å². The standard InChI is InChI=1S/C20H31OPSSi2/c1-14(23)16-10-8-9-11-17(16)22-18-12-15(24(2,3)4)13-19(20(18)21)25(5,6)7/h8-14,21-23H,1-7H3. The molecule has 2 rings (SSSR count). The third-order valence-electron chi connectivity index (χ3n) is 4.46. The number of thiol groups is 1. The van der Waals surface area contributed by atoms with Crippen LogP contribution in [0.1, 0.15) is 17.7 Å². The zero-order chi connectivity index (χ0) is 19.0. The molecule has 0 aliphatic carbocycles. The summed E-state index contributed by atoms with van der Waals surface area (Å²) in [4.78, 5) is 0. The van der Waals surface area contributed by atoms with E-state index < -0.39 is 16.1 Å². The number of phenolic OH excluding ortho intramolecular Hbond substituents is 1. The van der Waals surface area contributed by atoms with Gasteiger partial charge in [0.05, 0.1) is 16.1 Å². The zero-order valence-electron chi connectivity index (χ0n) is 16.4. The third-order valence-corrected chi connectivity index (χ3v) is 10.1. The molecule has 0 amide bonds. The van der Waals surface area contributed by atoms with Crippen molar-refractivity contribution in [1.82, 2.24) is 0 Å². The van der Waals surface area contributed by atoms with E-state index in [1.807, 2.05) is 0 Å². The number of hydrogen-bond acceptors (Lipinski definition) is 2. The highest BCUT2D eigenvalue weighted by atomic mass is 32.1. The molecular formula is C20H31OPSSi2. The first kappa shape index (κ1) is 20.8. The quantitative estimate of drug-likeness (QED) is 0.435. The highest BCUT2D eigenvalue weighted by Crippen LogP contribution is 2.26. The molecule has 2 aromatic rings. The lowest BCUT2D eigenvalue weighted by Crippen LogP contribution is -2.47. The fourth-order valence-corrected chi connectivity index (χ4v) is 7.60. The molecule has 2 aromatic carbocycles. The molecule has 2 atom stereocenters. The summed E-state index contributed by atoms with van der Waals surface area (Å²) in [7, 11) is -2.60. The van der Waals surface area contributed by atoms with Gasteiger partial charge < -0.3 is 5.11 Å². The van der Waals surface area contributed by atoms with Gasteiger partial charge in [-0.2, -0.15) is 12.6 Å². The molecule has 0 aliphatic heterocycles. The summed E-state index contributed by atoms with van der Waals surface area (Å²) in [5.41, 5.74) is 1.26. The molecule has 2 unspecified atom stereocenters. The maximum Gasteiger partial charge on any atom is 0.122 e. The summed E-state index contributed by atoms with van der Waals surface area (Å²) >= 11 is 4.64. The molecule has 136 valence electrons. The van der Waals surface area contributed by atoms with E-state index in [1.54, 1.807) is 0 Å². The minimum absolute atomic E-state index is 0.197. The normalized spacial score (nSPS) is 14.2. The van der Waals surface area contributed by atoms with Crippen molar-refractivity contribution in [2.45, 2.75) is 51.5 Å². The number of aromatic hydroxyl groups is 1. The first-order valence-electron chi connectivity index (χ1n) is 8.83. The molecule has 0 saturated heterocycles. The highest BCUT2D eigenvalue weighted by Gasteiger charge is 2.27. The Labute approximate surface area is 162 Å². The summed E-state index contributed by atoms with van der Waals surface area (Å²) in [6, 6.07) is 13.1. The van der Waals surface area contributed by atoms with E-state index in [2.05, 4.69) is 95.2 Å². The first-order valence-corrected chi connectivity index (χ1v) is 17.3. The Morgan fingerprint density at radius 3 is 2.04 bits per heavy atom. The van der Waals surface area contributed by atoms with Gasteiger partial charge in [-0.15, -0.1) is 0 Å². The highest BCUT2D eigenvalue weighted by molar-refractivity contribution is 7.80. The second kappa shape index (κ2) is 7.60. The Balaban J connectivity index is 2.62. The van der Waals surface area contributed by atoms with Gasteiger partial charge in [-0.05, 0) is 23.0 Å². The van der Waals surface area contributed by atoms with E-state index >= 15 is 0 Å². The molecule has 1 N–H and O–H groups in total. The SMILES string of the molecule is CC(S)c1ccccc1Pc1cc([Si](C)(C)C)cc([Si](C)(C)C)c1O. The van der Waals surface area contributed by atoms with E-state index in [-0.39, 0.29) is 5.25 Å². The molecule has 1 nitrogen and oxygen atoms in total. The molecule has 5 heteroatoms. The molecule has 25 heavy (non-hydrogen) atoms. The van der Waals surface area contributed by atoms with Crippen LogP contribution in [0.3, 0.4) is 0 Å². The van der Waals surface area contributed by atoms with Crippen LogP contribution in [-0.4, -0.2) is 21.3 Å². The Bertz CT molecular complexity index is 761. The van der Waals surface area contributed by atoms with Gasteiger partial charge >= 0.3 is 0 Å². The van der Waals surface area contributed by atoms with Crippen LogP contribution >= 0.6 is 21.2 Å². The molecule has 0 aromatic heterocycles. The van der Waals surface area contributed by atoms with Crippen LogP contribution in [0.25, 0.3) is 0 Å². The Morgan fingerprint density at radius 1 is 0.920 bits per heavy atom. The third kappa shape index (κ3) is 5.00. The monoisotopic (exact) mass is 406 g/mol. The van der Waals surface area contributed by atoms with E-state index in [1.165, 1.54) is 21.2 Å². The minimum Gasteiger partial charge on any atom is -0.507 e. The lowest BCUT2D eigenvalue weighted by Gasteiger charge is -2.26. The predicted octanol–water partition coefficient (Wildman–Crippen LogP) is 4.10. The molecule has 0 aliphatic rings. The van der Waals surface area contributed by atoms with Gasteiger partial charge in [0, 0.05) is 10.6 Å². The number of phenols is 1. The van der Waals surface area contributed by atoms with Crippen LogP contribution in [0, 0.1) is 0 Å². The molecule has 0 saturated carbocycles. The van der Waals surface area contributed by atoms with Gasteiger partial charge in [-0.25, -0.2) is 0 Å². The fourth-order valence-electron chi connectivity index (χ4n) is 2.85. The zero-order valence-corrected chi connectivity index (χ0v) is 20.3. The van der Waals surface area contributed by atoms with Crippen molar-refractivity contribution < 1.29 is 5.11 Å². The number of benzene rings is 2. The van der Waals surface area contributed by atoms with Crippen LogP contribution in [-0.2, 0) is 0 Å². The second-order valence-electron chi connectivity index (χ2n) is 8.81. The fraction of sp³-hybridized carbons (Fsp3) is 0.400. The van der Waals surface area contributed by atoms with Crippen LogP contribution in [0.2, 0.25) is 39.3 Å². The average molecular weight is 407 g/mol. The van der Waals surface area contributed by atoms with Crippen molar-refractivity contribution in [1.29, 1.82) is 0 Å². The Hall–Kier alpha value is -0.546. The minimum atomic E-state index is -1.61. The van der Waals surface area contributed by atoms with Crippen molar-refractivity contribution in [3.8, 4) is 5.75 Å². The molecule has 0 spiro atoms. The smallest absolute Gasteiger partial charge is 0.122 e. The summed E-state index contributed by atoms with van der Waals surface area (Å²) < 4.78 is 0. The maximum atomic E-state index is 11.0. The lowest BCUT2D eigenvalue weighted by atomic mass is 10.2. The first-order chi connectivity index (χ1) is 11.4. The summed E-state index contributed by atoms with van der Waals surface area (Å²) in [5, 5.41) is 16.3. The van der Waals surface area contributed by atoms with Crippen LogP contribution in [0.15, 0.2) is 36.4 Å². The largest absolute Gasteiger partial charge is 0.507 e. The molecule has 0 radical (unpaired) electrons. The average Bonchev–Trinajstić information content (AvgIpc) is 2.47. The van der Waals surface area contributed by atoms with E-state index in [0.717, 1.165) is 5.30 Å². The second-order valence-corrected chi connectivity index (χ2v) is 21.0. The summed E-state index contributed by atoms with van der Waals surface area (Å²) in [6.07, 6.45) is 0. The Kier molecular flexibility index (Phi) is 6.31. The maximum absolute atomic E-state index is 11.0. The topological polar surface area (TPSA) is 20.2 Å². The van der Waals surface area contributed by atoms with E-state index in [9.17, 15) is 5.11 Å². The predicted molar refractivity (Wildman–Crippen MR) is 125 cm³/mol. The van der Waals surface area contributed by atoms with Gasteiger partial charge in [0.25, 0.3) is 0 Å². The molecular weight excluding hydrogens is 375 g/mol. The van der Waals surface area contributed by atoms with Gasteiger partial charge in [0.15, 0.2) is 0 Å². The van der Waals surface area contributed by atoms with E-state index in [4.69, 9.17) is 0 Å². The van der Waals surface area contributed by atoms with Gasteiger partial charge in [-0.3, -0.25) is 0 Å². The van der Waals surface area contributed by atoms with Crippen molar-refractivity contribution in [2.24, 2.45) is 0 Å². The number of hydrogen-bond donors (Lipinski definition) is 2. The molecule has 0 bridgehead atoms. The van der Waals surface area contributed by atoms with Crippen LogP contribution < -0.4 is 21.0 Å².